The smallest absolute Gasteiger partial charge is 0.268 e. The quantitative estimate of drug-likeness (QED) is 0.606. The highest BCUT2D eigenvalue weighted by Gasteiger charge is 2.41. The molecule has 1 saturated heterocycles. The lowest BCUT2D eigenvalue weighted by molar-refractivity contribution is 0.0208. The van der Waals surface area contributed by atoms with Crippen LogP contribution in [-0.2, 0) is 0 Å². The van der Waals surface area contributed by atoms with Gasteiger partial charge in [-0.05, 0) is 13.0 Å². The van der Waals surface area contributed by atoms with Crippen molar-refractivity contribution in [2.75, 3.05) is 6.54 Å². The molecule has 0 aromatic carbocycles. The molecular formula is C14H15Cl2F2N5OS. The Morgan fingerprint density at radius 3 is 2.72 bits per heavy atom. The summed E-state index contributed by atoms with van der Waals surface area (Å²) in [6.07, 6.45) is 1.33. The third-order valence-electron chi connectivity index (χ3n) is 3.94. The summed E-state index contributed by atoms with van der Waals surface area (Å²) >= 11 is 1.31. The molecule has 136 valence electrons. The van der Waals surface area contributed by atoms with Gasteiger partial charge in [0.15, 0.2) is 0 Å². The fourth-order valence-electron chi connectivity index (χ4n) is 2.76. The number of nitrogens with one attached hydrogen (secondary N) is 3. The van der Waals surface area contributed by atoms with E-state index >= 15 is 0 Å². The molecule has 25 heavy (non-hydrogen) atoms. The zero-order valence-electron chi connectivity index (χ0n) is 12.9. The van der Waals surface area contributed by atoms with Gasteiger partial charge >= 0.3 is 0 Å². The molecule has 1 aliphatic heterocycles. The number of hydrogen-bond donors (Lipinski definition) is 3. The molecule has 11 heteroatoms. The summed E-state index contributed by atoms with van der Waals surface area (Å²) in [6.45, 7) is 1.49. The van der Waals surface area contributed by atoms with Gasteiger partial charge in [-0.15, -0.1) is 36.2 Å². The van der Waals surface area contributed by atoms with Gasteiger partial charge in [0.25, 0.3) is 11.5 Å². The third-order valence-corrected chi connectivity index (χ3v) is 5.09. The molecule has 0 aliphatic carbocycles. The number of fused-ring (bicyclic) bond motifs is 1. The predicted octanol–water partition coefficient (Wildman–Crippen LogP) is 3.20. The highest BCUT2D eigenvalue weighted by molar-refractivity contribution is 7.22. The number of rotatable bonds is 2. The molecule has 0 spiro atoms. The van der Waals surface area contributed by atoms with Gasteiger partial charge in [0.2, 0.25) is 0 Å². The van der Waals surface area contributed by atoms with Crippen molar-refractivity contribution in [3.63, 3.8) is 0 Å². The van der Waals surface area contributed by atoms with Crippen LogP contribution in [0.1, 0.15) is 24.0 Å². The maximum Gasteiger partial charge on any atom is 0.268 e. The average molecular weight is 410 g/mol. The highest BCUT2D eigenvalue weighted by atomic mass is 35.5. The fourth-order valence-corrected chi connectivity index (χ4v) is 3.82. The first kappa shape index (κ1) is 19.8. The van der Waals surface area contributed by atoms with E-state index in [1.165, 1.54) is 11.3 Å². The van der Waals surface area contributed by atoms with Crippen molar-refractivity contribution in [2.24, 2.45) is 0 Å². The Labute approximate surface area is 157 Å². The SMILES string of the molecule is Cc1[nH]ncc1-c1cc2nc([C@@H]3CC(F)(F)CN3)[nH]c(=O)c2s1.Cl.Cl. The van der Waals surface area contributed by atoms with E-state index in [1.807, 2.05) is 6.92 Å². The molecule has 0 amide bonds. The van der Waals surface area contributed by atoms with Crippen molar-refractivity contribution in [2.45, 2.75) is 25.3 Å². The van der Waals surface area contributed by atoms with Crippen molar-refractivity contribution in [3.8, 4) is 10.4 Å². The Kier molecular flexibility index (Phi) is 5.53. The van der Waals surface area contributed by atoms with Crippen molar-refractivity contribution < 1.29 is 8.78 Å². The molecule has 0 radical (unpaired) electrons. The molecule has 4 heterocycles. The van der Waals surface area contributed by atoms with E-state index in [2.05, 4.69) is 25.5 Å². The Hall–Kier alpha value is -1.55. The third kappa shape index (κ3) is 3.55. The molecule has 0 saturated carbocycles. The minimum atomic E-state index is -2.77. The number of nitrogens with zero attached hydrogens (tertiary/aromatic N) is 2. The van der Waals surface area contributed by atoms with Gasteiger partial charge in [0, 0.05) is 22.6 Å². The summed E-state index contributed by atoms with van der Waals surface area (Å²) in [5, 5.41) is 9.52. The van der Waals surface area contributed by atoms with Crippen molar-refractivity contribution in [1.82, 2.24) is 25.5 Å². The van der Waals surface area contributed by atoms with Crippen LogP contribution in [0.2, 0.25) is 0 Å². The first-order valence-electron chi connectivity index (χ1n) is 7.08. The summed E-state index contributed by atoms with van der Waals surface area (Å²) in [5.74, 6) is -2.51. The van der Waals surface area contributed by atoms with Gasteiger partial charge in [0.05, 0.1) is 24.3 Å². The first-order valence-corrected chi connectivity index (χ1v) is 7.90. The molecule has 3 N–H and O–H groups in total. The largest absolute Gasteiger partial charge is 0.308 e. The summed E-state index contributed by atoms with van der Waals surface area (Å²) in [7, 11) is 0. The number of halogens is 4. The normalized spacial score (nSPS) is 18.8. The fraction of sp³-hybridized carbons (Fsp3) is 0.357. The summed E-state index contributed by atoms with van der Waals surface area (Å²) in [6, 6.07) is 1.16. The van der Waals surface area contributed by atoms with E-state index in [-0.39, 0.29) is 42.6 Å². The number of alkyl halides is 2. The Balaban J connectivity index is 0.00000113. The van der Waals surface area contributed by atoms with Gasteiger partial charge in [0.1, 0.15) is 10.5 Å². The number of aromatic nitrogens is 4. The molecule has 1 atom stereocenters. The van der Waals surface area contributed by atoms with Crippen LogP contribution >= 0.6 is 36.2 Å². The molecule has 3 aromatic rings. The molecular weight excluding hydrogens is 395 g/mol. The van der Waals surface area contributed by atoms with Crippen LogP contribution in [-0.4, -0.2) is 32.6 Å². The van der Waals surface area contributed by atoms with Crippen LogP contribution in [0.4, 0.5) is 8.78 Å². The van der Waals surface area contributed by atoms with Gasteiger partial charge < -0.3 is 10.3 Å². The lowest BCUT2D eigenvalue weighted by Gasteiger charge is -2.09. The number of hydrogen-bond acceptors (Lipinski definition) is 5. The second-order valence-corrected chi connectivity index (χ2v) is 6.73. The van der Waals surface area contributed by atoms with Crippen molar-refractivity contribution >= 4 is 46.4 Å². The van der Waals surface area contributed by atoms with Gasteiger partial charge in [-0.25, -0.2) is 13.8 Å². The predicted molar refractivity (Wildman–Crippen MR) is 97.4 cm³/mol. The van der Waals surface area contributed by atoms with E-state index < -0.39 is 18.5 Å². The van der Waals surface area contributed by atoms with Crippen LogP contribution in [0.3, 0.4) is 0 Å². The number of aromatic amines is 2. The van der Waals surface area contributed by atoms with Gasteiger partial charge in [-0.2, -0.15) is 5.10 Å². The molecule has 1 aliphatic rings. The zero-order valence-corrected chi connectivity index (χ0v) is 15.4. The Bertz CT molecular complexity index is 954. The van der Waals surface area contributed by atoms with Gasteiger partial charge in [-0.1, -0.05) is 0 Å². The molecule has 1 fully saturated rings. The molecule has 0 bridgehead atoms. The number of H-pyrrole nitrogens is 2. The molecule has 4 rings (SSSR count). The summed E-state index contributed by atoms with van der Waals surface area (Å²) in [5.41, 5.74) is 2.01. The van der Waals surface area contributed by atoms with E-state index in [1.54, 1.807) is 12.3 Å². The lowest BCUT2D eigenvalue weighted by Crippen LogP contribution is -2.21. The lowest BCUT2D eigenvalue weighted by atomic mass is 10.2. The van der Waals surface area contributed by atoms with E-state index in [0.29, 0.717) is 10.2 Å². The van der Waals surface area contributed by atoms with E-state index in [0.717, 1.165) is 16.1 Å². The molecule has 6 nitrogen and oxygen atoms in total. The maximum absolute atomic E-state index is 13.3. The second kappa shape index (κ2) is 6.99. The molecule has 0 unspecified atom stereocenters. The average Bonchev–Trinajstić information content (AvgIpc) is 3.16. The number of thiophene rings is 1. The number of aryl methyl sites for hydroxylation is 1. The topological polar surface area (TPSA) is 86.5 Å². The minimum Gasteiger partial charge on any atom is -0.308 e. The molecule has 3 aromatic heterocycles. The van der Waals surface area contributed by atoms with E-state index in [4.69, 9.17) is 0 Å². The standard InChI is InChI=1S/C14H13F2N5OS.2ClH/c1-6-7(4-18-21-6)10-2-8-11(23-10)13(22)20-12(19-8)9-3-14(15,16)5-17-9;;/h2,4,9,17H,3,5H2,1H3,(H,18,21)(H,19,20,22);2*1H/t9-;;/m0../s1. The van der Waals surface area contributed by atoms with Crippen molar-refractivity contribution in [1.29, 1.82) is 0 Å². The summed E-state index contributed by atoms with van der Waals surface area (Å²) < 4.78 is 27.2. The van der Waals surface area contributed by atoms with Crippen LogP contribution in [0.15, 0.2) is 17.1 Å². The van der Waals surface area contributed by atoms with Crippen LogP contribution in [0, 0.1) is 6.92 Å². The minimum absolute atomic E-state index is 0. The van der Waals surface area contributed by atoms with E-state index in [9.17, 15) is 13.6 Å². The maximum atomic E-state index is 13.3. The summed E-state index contributed by atoms with van der Waals surface area (Å²) in [4.78, 5) is 20.1. The second-order valence-electron chi connectivity index (χ2n) is 5.68. The monoisotopic (exact) mass is 409 g/mol. The van der Waals surface area contributed by atoms with Crippen molar-refractivity contribution in [3.05, 3.63) is 34.1 Å². The zero-order chi connectivity index (χ0) is 16.2. The van der Waals surface area contributed by atoms with Crippen LogP contribution in [0.25, 0.3) is 20.7 Å². The Morgan fingerprint density at radius 1 is 1.36 bits per heavy atom. The van der Waals surface area contributed by atoms with Crippen LogP contribution in [0.5, 0.6) is 0 Å². The highest BCUT2D eigenvalue weighted by Crippen LogP contribution is 2.35. The first-order chi connectivity index (χ1) is 10.9. The Morgan fingerprint density at radius 2 is 2.12 bits per heavy atom. The van der Waals surface area contributed by atoms with Crippen LogP contribution < -0.4 is 10.9 Å². The van der Waals surface area contributed by atoms with Gasteiger partial charge in [-0.3, -0.25) is 9.89 Å².